The number of likely N-dealkylation sites (tertiary alicyclic amines) is 1. The van der Waals surface area contributed by atoms with E-state index in [1.807, 2.05) is 28.6 Å². The van der Waals surface area contributed by atoms with Crippen molar-refractivity contribution in [1.29, 1.82) is 0 Å². The predicted octanol–water partition coefficient (Wildman–Crippen LogP) is 5.94. The Kier molecular flexibility index (Phi) is 8.95. The molecule has 0 aromatic heterocycles. The van der Waals surface area contributed by atoms with E-state index in [0.29, 0.717) is 16.6 Å². The lowest BCUT2D eigenvalue weighted by atomic mass is 9.74. The van der Waals surface area contributed by atoms with Crippen LogP contribution in [0.5, 0.6) is 0 Å². The minimum Gasteiger partial charge on any atom is -0.303 e. The third-order valence-electron chi connectivity index (χ3n) is 8.45. The summed E-state index contributed by atoms with van der Waals surface area (Å²) in [6.07, 6.45) is 4.53. The number of likely N-dealkylation sites (N-methyl/N-ethyl adjacent to an activating group) is 1. The molecule has 10 heteroatoms. The summed E-state index contributed by atoms with van der Waals surface area (Å²) in [5.41, 5.74) is 3.40. The van der Waals surface area contributed by atoms with Crippen LogP contribution < -0.4 is 4.31 Å². The van der Waals surface area contributed by atoms with Gasteiger partial charge in [-0.1, -0.05) is 65.7 Å². The van der Waals surface area contributed by atoms with Crippen LogP contribution in [0.1, 0.15) is 36.3 Å². The van der Waals surface area contributed by atoms with Crippen molar-refractivity contribution in [2.45, 2.75) is 35.5 Å². The lowest BCUT2D eigenvalue weighted by Crippen LogP contribution is -2.45. The molecule has 2 aliphatic heterocycles. The molecular weight excluding hydrogens is 585 g/mol. The first-order valence-corrected chi connectivity index (χ1v) is 17.2. The minimum atomic E-state index is -3.63. The number of hydrogen-bond donors (Lipinski definition) is 0. The van der Waals surface area contributed by atoms with Gasteiger partial charge in [0.25, 0.3) is 0 Å². The van der Waals surface area contributed by atoms with Crippen LogP contribution in [-0.4, -0.2) is 67.9 Å². The van der Waals surface area contributed by atoms with Gasteiger partial charge >= 0.3 is 0 Å². The number of halogens is 2. The van der Waals surface area contributed by atoms with Gasteiger partial charge < -0.3 is 4.90 Å². The maximum Gasteiger partial charge on any atom is 0.242 e. The predicted molar refractivity (Wildman–Crippen MR) is 165 cm³/mol. The summed E-state index contributed by atoms with van der Waals surface area (Å²) in [6.45, 7) is 3.83. The fourth-order valence-electron chi connectivity index (χ4n) is 6.10. The summed E-state index contributed by atoms with van der Waals surface area (Å²) >= 11 is 12.6. The Hall–Kier alpha value is -1.94. The highest BCUT2D eigenvalue weighted by Crippen LogP contribution is 2.47. The van der Waals surface area contributed by atoms with Crippen LogP contribution in [0.4, 0.5) is 5.69 Å². The average molecular weight is 621 g/mol. The highest BCUT2D eigenvalue weighted by atomic mass is 35.5. The SMILES string of the molecule is CN(CC(CCN1CCC2(CC1)CN(S(C)=O)c1ccccc12)c1ccc(Cl)c(Cl)c1)S(=O)(=O)c1ccccc1. The fraction of sp³-hybridized carbons (Fsp3) is 0.400. The van der Waals surface area contributed by atoms with Gasteiger partial charge in [0, 0.05) is 31.8 Å². The second kappa shape index (κ2) is 12.1. The van der Waals surface area contributed by atoms with Crippen LogP contribution in [-0.2, 0) is 26.4 Å². The number of fused-ring (bicyclic) bond motifs is 2. The summed E-state index contributed by atoms with van der Waals surface area (Å²) in [7, 11) is -3.05. The summed E-state index contributed by atoms with van der Waals surface area (Å²) in [4.78, 5) is 2.75. The van der Waals surface area contributed by atoms with Crippen LogP contribution in [0.3, 0.4) is 0 Å². The third kappa shape index (κ3) is 5.98. The molecule has 0 radical (unpaired) electrons. The molecule has 2 aliphatic rings. The first kappa shape index (κ1) is 29.5. The fourth-order valence-corrected chi connectivity index (χ4v) is 8.50. The lowest BCUT2D eigenvalue weighted by Gasteiger charge is -2.40. The molecule has 3 aromatic rings. The zero-order chi connectivity index (χ0) is 28.5. The van der Waals surface area contributed by atoms with Gasteiger partial charge in [0.2, 0.25) is 10.0 Å². The average Bonchev–Trinajstić information content (AvgIpc) is 3.28. The Morgan fingerprint density at radius 3 is 2.33 bits per heavy atom. The van der Waals surface area contributed by atoms with E-state index in [-0.39, 0.29) is 16.2 Å². The molecule has 2 heterocycles. The molecule has 1 spiro atoms. The van der Waals surface area contributed by atoms with Crippen molar-refractivity contribution in [3.8, 4) is 0 Å². The first-order valence-electron chi connectivity index (χ1n) is 13.5. The normalized spacial score (nSPS) is 18.7. The van der Waals surface area contributed by atoms with E-state index in [1.54, 1.807) is 43.6 Å². The van der Waals surface area contributed by atoms with Crippen molar-refractivity contribution in [3.05, 3.63) is 94.0 Å². The Bertz CT molecular complexity index is 1480. The molecule has 5 rings (SSSR count). The number of para-hydroxylation sites is 1. The Morgan fingerprint density at radius 2 is 1.65 bits per heavy atom. The van der Waals surface area contributed by atoms with Gasteiger partial charge in [0.15, 0.2) is 0 Å². The van der Waals surface area contributed by atoms with Gasteiger partial charge in [-0.05, 0) is 86.3 Å². The summed E-state index contributed by atoms with van der Waals surface area (Å²) in [5, 5.41) is 0.949. The molecular formula is C30H35Cl2N3O3S2. The number of nitrogens with zero attached hydrogens (tertiary/aromatic N) is 3. The Balaban J connectivity index is 1.29. The van der Waals surface area contributed by atoms with Gasteiger partial charge in [0.1, 0.15) is 11.0 Å². The topological polar surface area (TPSA) is 60.9 Å². The summed E-state index contributed by atoms with van der Waals surface area (Å²) in [6, 6.07) is 22.5. The van der Waals surface area contributed by atoms with E-state index in [1.165, 1.54) is 9.87 Å². The second-order valence-electron chi connectivity index (χ2n) is 10.9. The van der Waals surface area contributed by atoms with Crippen molar-refractivity contribution < 1.29 is 12.6 Å². The van der Waals surface area contributed by atoms with E-state index in [4.69, 9.17) is 23.2 Å². The molecule has 2 atom stereocenters. The lowest BCUT2D eigenvalue weighted by molar-refractivity contribution is 0.162. The van der Waals surface area contributed by atoms with E-state index < -0.39 is 21.0 Å². The maximum atomic E-state index is 13.3. The Morgan fingerprint density at radius 1 is 0.975 bits per heavy atom. The monoisotopic (exact) mass is 619 g/mol. The molecule has 1 saturated heterocycles. The number of anilines is 1. The molecule has 0 aliphatic carbocycles. The largest absolute Gasteiger partial charge is 0.303 e. The number of hydrogen-bond acceptors (Lipinski definition) is 4. The van der Waals surface area contributed by atoms with E-state index in [0.717, 1.165) is 56.7 Å². The van der Waals surface area contributed by atoms with E-state index in [2.05, 4.69) is 23.1 Å². The van der Waals surface area contributed by atoms with Gasteiger partial charge in [-0.25, -0.2) is 16.9 Å². The van der Waals surface area contributed by atoms with Crippen molar-refractivity contribution in [1.82, 2.24) is 9.21 Å². The highest BCUT2D eigenvalue weighted by molar-refractivity contribution is 7.89. The molecule has 0 amide bonds. The second-order valence-corrected chi connectivity index (χ2v) is 15.0. The molecule has 1 fully saturated rings. The molecule has 0 saturated carbocycles. The van der Waals surface area contributed by atoms with Crippen LogP contribution in [0.25, 0.3) is 0 Å². The number of rotatable bonds is 9. The van der Waals surface area contributed by atoms with Crippen LogP contribution in [0.2, 0.25) is 10.0 Å². The van der Waals surface area contributed by atoms with E-state index >= 15 is 0 Å². The third-order valence-corrected chi connectivity index (χ3v) is 12.0. The van der Waals surface area contributed by atoms with Crippen molar-refractivity contribution in [2.24, 2.45) is 0 Å². The highest BCUT2D eigenvalue weighted by Gasteiger charge is 2.45. The van der Waals surface area contributed by atoms with Crippen molar-refractivity contribution in [3.63, 3.8) is 0 Å². The zero-order valence-corrected chi connectivity index (χ0v) is 25.9. The van der Waals surface area contributed by atoms with Crippen LogP contribution in [0, 0.1) is 0 Å². The molecule has 214 valence electrons. The molecule has 40 heavy (non-hydrogen) atoms. The number of benzene rings is 3. The molecule has 3 aromatic carbocycles. The molecule has 2 unspecified atom stereocenters. The van der Waals surface area contributed by atoms with Crippen molar-refractivity contribution >= 4 is 49.9 Å². The standard InChI is InChI=1S/C30H35Cl2N3O3S2/c1-33(40(37,38)25-8-4-3-5-9-25)21-24(23-12-13-27(31)28(32)20-23)14-17-34-18-15-30(16-19-34)22-35(39(2)36)29-11-7-6-10-26(29)30/h3-13,20,24H,14-19,21-22H2,1-2H3. The molecule has 0 bridgehead atoms. The zero-order valence-electron chi connectivity index (χ0n) is 22.8. The summed E-state index contributed by atoms with van der Waals surface area (Å²) in [5.74, 6) is -0.0562. The Labute approximate surface area is 250 Å². The summed E-state index contributed by atoms with van der Waals surface area (Å²) < 4.78 is 42.5. The van der Waals surface area contributed by atoms with Gasteiger partial charge in [-0.15, -0.1) is 0 Å². The first-order chi connectivity index (χ1) is 19.1. The van der Waals surface area contributed by atoms with Gasteiger partial charge in [0.05, 0.1) is 20.6 Å². The molecule has 6 nitrogen and oxygen atoms in total. The quantitative estimate of drug-likeness (QED) is 0.298. The van der Waals surface area contributed by atoms with Gasteiger partial charge in [-0.2, -0.15) is 0 Å². The maximum absolute atomic E-state index is 13.3. The van der Waals surface area contributed by atoms with E-state index in [9.17, 15) is 12.6 Å². The van der Waals surface area contributed by atoms with Crippen molar-refractivity contribution in [2.75, 3.05) is 50.3 Å². The number of sulfonamides is 1. The number of piperidine rings is 1. The van der Waals surface area contributed by atoms with Crippen LogP contribution in [0.15, 0.2) is 77.7 Å². The smallest absolute Gasteiger partial charge is 0.242 e. The minimum absolute atomic E-state index is 0.0197. The molecule has 0 N–H and O–H groups in total. The van der Waals surface area contributed by atoms with Gasteiger partial charge in [-0.3, -0.25) is 4.31 Å². The van der Waals surface area contributed by atoms with Crippen LogP contribution >= 0.6 is 23.2 Å².